The Morgan fingerprint density at radius 2 is 1.76 bits per heavy atom. The Hall–Kier alpha value is -3.14. The number of ether oxygens (including phenoxy) is 1. The number of hydrogen-bond donors (Lipinski definition) is 1. The molecule has 1 amide bonds. The Labute approximate surface area is 169 Å². The molecule has 0 aromatic heterocycles. The number of carbonyl (C=O) groups excluding carboxylic acids is 1. The van der Waals surface area contributed by atoms with E-state index in [4.69, 9.17) is 4.74 Å². The van der Waals surface area contributed by atoms with Crippen molar-refractivity contribution in [2.75, 3.05) is 15.9 Å². The fourth-order valence-corrected chi connectivity index (χ4v) is 3.85. The van der Waals surface area contributed by atoms with E-state index in [1.807, 2.05) is 13.8 Å². The first-order valence-electron chi connectivity index (χ1n) is 8.80. The third-order valence-corrected chi connectivity index (χ3v) is 5.12. The lowest BCUT2D eigenvalue weighted by molar-refractivity contribution is -0.384. The minimum atomic E-state index is -3.89. The monoisotopic (exact) mass is 421 g/mol. The quantitative estimate of drug-likeness (QED) is 0.516. The van der Waals surface area contributed by atoms with Crippen molar-refractivity contribution < 1.29 is 22.9 Å². The lowest BCUT2D eigenvalue weighted by Gasteiger charge is -2.28. The Morgan fingerprint density at radius 1 is 1.14 bits per heavy atom. The molecule has 0 radical (unpaired) electrons. The van der Waals surface area contributed by atoms with Crippen molar-refractivity contribution in [2.45, 2.75) is 32.9 Å². The molecule has 9 nitrogen and oxygen atoms in total. The van der Waals surface area contributed by atoms with Crippen LogP contribution in [0.15, 0.2) is 48.5 Å². The zero-order valence-electron chi connectivity index (χ0n) is 16.5. The topological polar surface area (TPSA) is 119 Å². The number of carbonyl (C=O) groups is 1. The predicted octanol–water partition coefficient (Wildman–Crippen LogP) is 3.18. The number of amides is 1. The third-order valence-electron chi connectivity index (χ3n) is 3.88. The van der Waals surface area contributed by atoms with Crippen LogP contribution in [0.1, 0.15) is 20.8 Å². The summed E-state index contributed by atoms with van der Waals surface area (Å²) < 4.78 is 31.0. The van der Waals surface area contributed by atoms with Gasteiger partial charge in [-0.05, 0) is 51.1 Å². The maximum absolute atomic E-state index is 12.7. The first-order valence-corrected chi connectivity index (χ1v) is 10.7. The summed E-state index contributed by atoms with van der Waals surface area (Å²) in [5.74, 6) is 0.0554. The van der Waals surface area contributed by atoms with E-state index in [1.54, 1.807) is 24.3 Å². The molecule has 0 aliphatic carbocycles. The molecule has 2 aromatic carbocycles. The Bertz CT molecular complexity index is 989. The minimum Gasteiger partial charge on any atom is -0.491 e. The molecule has 0 fully saturated rings. The van der Waals surface area contributed by atoms with E-state index in [-0.39, 0.29) is 17.5 Å². The van der Waals surface area contributed by atoms with Gasteiger partial charge in [0, 0.05) is 17.8 Å². The van der Waals surface area contributed by atoms with Gasteiger partial charge in [-0.1, -0.05) is 6.07 Å². The normalized spacial score (nSPS) is 12.3. The van der Waals surface area contributed by atoms with Crippen molar-refractivity contribution in [1.29, 1.82) is 0 Å². The molecule has 2 aromatic rings. The second-order valence-corrected chi connectivity index (χ2v) is 8.55. The summed E-state index contributed by atoms with van der Waals surface area (Å²) in [6.07, 6.45) is 0.946. The molecule has 2 rings (SSSR count). The summed E-state index contributed by atoms with van der Waals surface area (Å²) in [7, 11) is -3.89. The van der Waals surface area contributed by atoms with Crippen LogP contribution < -0.4 is 14.4 Å². The Kier molecular flexibility index (Phi) is 6.80. The van der Waals surface area contributed by atoms with Crippen LogP contribution in [0.3, 0.4) is 0 Å². The number of sulfonamides is 1. The highest BCUT2D eigenvalue weighted by Gasteiger charge is 2.30. The van der Waals surface area contributed by atoms with E-state index in [9.17, 15) is 23.3 Å². The number of nitro benzene ring substituents is 1. The summed E-state index contributed by atoms with van der Waals surface area (Å²) in [4.78, 5) is 23.1. The van der Waals surface area contributed by atoms with Crippen molar-refractivity contribution in [3.05, 3.63) is 58.6 Å². The van der Waals surface area contributed by atoms with Gasteiger partial charge < -0.3 is 10.1 Å². The molecule has 0 aliphatic rings. The van der Waals surface area contributed by atoms with Gasteiger partial charge in [-0.2, -0.15) is 0 Å². The lowest BCUT2D eigenvalue weighted by Crippen LogP contribution is -2.45. The van der Waals surface area contributed by atoms with E-state index >= 15 is 0 Å². The molecule has 0 saturated heterocycles. The summed E-state index contributed by atoms with van der Waals surface area (Å²) in [5, 5.41) is 13.7. The molecule has 0 bridgehead atoms. The van der Waals surface area contributed by atoms with Gasteiger partial charge in [-0.15, -0.1) is 0 Å². The summed E-state index contributed by atoms with van der Waals surface area (Å²) in [6.45, 7) is 5.20. The first kappa shape index (κ1) is 22.2. The van der Waals surface area contributed by atoms with Gasteiger partial charge in [0.1, 0.15) is 11.8 Å². The lowest BCUT2D eigenvalue weighted by atomic mass is 10.2. The largest absolute Gasteiger partial charge is 0.491 e. The number of nitrogens with zero attached hydrogens (tertiary/aromatic N) is 2. The van der Waals surface area contributed by atoms with Crippen molar-refractivity contribution in [3.8, 4) is 5.75 Å². The van der Waals surface area contributed by atoms with Crippen LogP contribution in [0.5, 0.6) is 5.75 Å². The highest BCUT2D eigenvalue weighted by Crippen LogP contribution is 2.26. The average molecular weight is 421 g/mol. The van der Waals surface area contributed by atoms with Gasteiger partial charge in [-0.3, -0.25) is 19.2 Å². The van der Waals surface area contributed by atoms with Gasteiger partial charge in [-0.25, -0.2) is 8.42 Å². The molecular formula is C19H23N3O6S. The van der Waals surface area contributed by atoms with Gasteiger partial charge in [0.15, 0.2) is 0 Å². The maximum Gasteiger partial charge on any atom is 0.271 e. The van der Waals surface area contributed by atoms with E-state index in [2.05, 4.69) is 5.32 Å². The van der Waals surface area contributed by atoms with Crippen molar-refractivity contribution in [1.82, 2.24) is 0 Å². The van der Waals surface area contributed by atoms with E-state index in [1.165, 1.54) is 25.1 Å². The number of anilines is 2. The van der Waals surface area contributed by atoms with Crippen LogP contribution in [0.4, 0.5) is 17.1 Å². The van der Waals surface area contributed by atoms with Crippen LogP contribution in [-0.4, -0.2) is 37.6 Å². The smallest absolute Gasteiger partial charge is 0.271 e. The predicted molar refractivity (Wildman–Crippen MR) is 111 cm³/mol. The number of non-ortho nitro benzene ring substituents is 1. The van der Waals surface area contributed by atoms with Crippen LogP contribution in [0, 0.1) is 10.1 Å². The van der Waals surface area contributed by atoms with Crippen molar-refractivity contribution in [3.63, 3.8) is 0 Å². The molecule has 0 aliphatic heterocycles. The molecule has 1 atom stereocenters. The molecule has 0 unspecified atom stereocenters. The summed E-state index contributed by atoms with van der Waals surface area (Å²) >= 11 is 0. The molecule has 10 heteroatoms. The van der Waals surface area contributed by atoms with Crippen LogP contribution >= 0.6 is 0 Å². The number of nitrogens with one attached hydrogen (secondary N) is 1. The minimum absolute atomic E-state index is 0.00807. The first-order chi connectivity index (χ1) is 13.5. The van der Waals surface area contributed by atoms with Gasteiger partial charge in [0.25, 0.3) is 5.69 Å². The number of benzene rings is 2. The molecule has 156 valence electrons. The van der Waals surface area contributed by atoms with Gasteiger partial charge in [0.05, 0.1) is 23.0 Å². The van der Waals surface area contributed by atoms with Crippen LogP contribution in [-0.2, 0) is 14.8 Å². The maximum atomic E-state index is 12.7. The van der Waals surface area contributed by atoms with E-state index in [0.717, 1.165) is 16.6 Å². The highest BCUT2D eigenvalue weighted by atomic mass is 32.2. The zero-order valence-corrected chi connectivity index (χ0v) is 17.3. The van der Waals surface area contributed by atoms with Gasteiger partial charge in [0.2, 0.25) is 15.9 Å². The average Bonchev–Trinajstić information content (AvgIpc) is 2.62. The fourth-order valence-electron chi connectivity index (χ4n) is 2.69. The molecule has 29 heavy (non-hydrogen) atoms. The summed E-state index contributed by atoms with van der Waals surface area (Å²) in [5.41, 5.74) is 0.222. The SMILES string of the molecule is CC(C)Oc1ccc(NC(=O)[C@H](C)N(c2cccc([N+](=O)[O-])c2)S(C)(=O)=O)cc1. The molecule has 0 saturated carbocycles. The van der Waals surface area contributed by atoms with Crippen LogP contribution in [0.2, 0.25) is 0 Å². The third kappa shape index (κ3) is 5.92. The Balaban J connectivity index is 2.25. The van der Waals surface area contributed by atoms with Crippen LogP contribution in [0.25, 0.3) is 0 Å². The second kappa shape index (κ2) is 8.91. The molecule has 0 spiro atoms. The van der Waals surface area contributed by atoms with Gasteiger partial charge >= 0.3 is 0 Å². The Morgan fingerprint density at radius 3 is 2.28 bits per heavy atom. The molecular weight excluding hydrogens is 398 g/mol. The van der Waals surface area contributed by atoms with E-state index < -0.39 is 26.9 Å². The fraction of sp³-hybridized carbons (Fsp3) is 0.316. The summed E-state index contributed by atoms with van der Waals surface area (Å²) in [6, 6.07) is 10.6. The standard InChI is InChI=1S/C19H23N3O6S/c1-13(2)28-18-10-8-15(9-11-18)20-19(23)14(3)21(29(4,26)27)16-6-5-7-17(12-16)22(24)25/h5-14H,1-4H3,(H,20,23)/t14-/m0/s1. The second-order valence-electron chi connectivity index (χ2n) is 6.69. The molecule has 0 heterocycles. The van der Waals surface area contributed by atoms with Crippen molar-refractivity contribution in [2.24, 2.45) is 0 Å². The highest BCUT2D eigenvalue weighted by molar-refractivity contribution is 7.92. The zero-order chi connectivity index (χ0) is 21.8. The van der Waals surface area contributed by atoms with Crippen molar-refractivity contribution >= 4 is 33.0 Å². The van der Waals surface area contributed by atoms with E-state index in [0.29, 0.717) is 11.4 Å². The molecule has 1 N–H and O–H groups in total. The number of hydrogen-bond acceptors (Lipinski definition) is 6. The number of rotatable bonds is 8. The number of nitro groups is 1.